The third kappa shape index (κ3) is 2.97. The molecule has 1 N–H and O–H groups in total. The number of rotatable bonds is 4. The minimum absolute atomic E-state index is 0.321. The molecule has 1 fully saturated rings. The van der Waals surface area contributed by atoms with Crippen LogP contribution in [0.15, 0.2) is 41.1 Å². The van der Waals surface area contributed by atoms with Crippen LogP contribution in [0.3, 0.4) is 0 Å². The molecule has 0 spiro atoms. The largest absolute Gasteiger partial charge is 0.309 e. The van der Waals surface area contributed by atoms with Crippen LogP contribution < -0.4 is 5.32 Å². The van der Waals surface area contributed by atoms with E-state index in [1.165, 1.54) is 48.8 Å². The Labute approximate surface area is 126 Å². The topological polar surface area (TPSA) is 12.0 Å². The smallest absolute Gasteiger partial charge is 0.0582 e. The molecule has 1 aliphatic carbocycles. The Kier molecular flexibility index (Phi) is 4.54. The highest BCUT2D eigenvalue weighted by atomic mass is 32.1. The molecule has 1 heterocycles. The molecule has 1 aromatic heterocycles. The normalized spacial score (nSPS) is 18.1. The molecule has 1 unspecified atom stereocenters. The van der Waals surface area contributed by atoms with Crippen molar-refractivity contribution in [1.29, 1.82) is 0 Å². The number of nitrogens with one attached hydrogen (secondary N) is 1. The lowest BCUT2D eigenvalue weighted by Gasteiger charge is -2.23. The van der Waals surface area contributed by atoms with Crippen LogP contribution in [0.1, 0.15) is 60.8 Å². The Morgan fingerprint density at radius 2 is 1.75 bits per heavy atom. The van der Waals surface area contributed by atoms with Crippen LogP contribution in [-0.2, 0) is 0 Å². The lowest BCUT2D eigenvalue weighted by Crippen LogP contribution is -2.17. The summed E-state index contributed by atoms with van der Waals surface area (Å²) in [4.78, 5) is 0. The van der Waals surface area contributed by atoms with E-state index in [1.807, 2.05) is 7.05 Å². The Balaban J connectivity index is 1.78. The van der Waals surface area contributed by atoms with Gasteiger partial charge in [0, 0.05) is 0 Å². The zero-order valence-electron chi connectivity index (χ0n) is 12.1. The van der Waals surface area contributed by atoms with Crippen LogP contribution in [-0.4, -0.2) is 7.05 Å². The first-order valence-corrected chi connectivity index (χ1v) is 8.62. The van der Waals surface area contributed by atoms with Crippen molar-refractivity contribution in [1.82, 2.24) is 5.32 Å². The van der Waals surface area contributed by atoms with E-state index >= 15 is 0 Å². The molecule has 1 aliphatic rings. The van der Waals surface area contributed by atoms with Gasteiger partial charge in [-0.1, -0.05) is 43.5 Å². The molecule has 106 valence electrons. The Morgan fingerprint density at radius 3 is 2.35 bits per heavy atom. The zero-order valence-corrected chi connectivity index (χ0v) is 13.0. The molecular formula is C18H23NS. The van der Waals surface area contributed by atoms with Crippen LogP contribution >= 0.6 is 11.3 Å². The average Bonchev–Trinajstić information content (AvgIpc) is 3.04. The third-order valence-corrected chi connectivity index (χ3v) is 5.21. The molecule has 1 saturated carbocycles. The molecule has 1 aromatic carbocycles. The second-order valence-electron chi connectivity index (χ2n) is 5.78. The highest BCUT2D eigenvalue weighted by molar-refractivity contribution is 7.08. The predicted octanol–water partition coefficient (Wildman–Crippen LogP) is 5.10. The Hall–Kier alpha value is -1.12. The van der Waals surface area contributed by atoms with Gasteiger partial charge in [0.1, 0.15) is 0 Å². The minimum atomic E-state index is 0.321. The lowest BCUT2D eigenvalue weighted by molar-refractivity contribution is 0.443. The fourth-order valence-electron chi connectivity index (χ4n) is 3.36. The summed E-state index contributed by atoms with van der Waals surface area (Å²) in [5, 5.41) is 7.81. The van der Waals surface area contributed by atoms with Gasteiger partial charge in [0.25, 0.3) is 0 Å². The average molecular weight is 285 g/mol. The van der Waals surface area contributed by atoms with Gasteiger partial charge in [-0.25, -0.2) is 0 Å². The van der Waals surface area contributed by atoms with Gasteiger partial charge in [0.15, 0.2) is 0 Å². The number of hydrogen-bond acceptors (Lipinski definition) is 2. The number of thiophene rings is 1. The molecule has 0 bridgehead atoms. The molecule has 1 nitrogen and oxygen atoms in total. The van der Waals surface area contributed by atoms with Gasteiger partial charge < -0.3 is 5.32 Å². The molecule has 20 heavy (non-hydrogen) atoms. The molecule has 1 atom stereocenters. The quantitative estimate of drug-likeness (QED) is 0.823. The van der Waals surface area contributed by atoms with Crippen LogP contribution in [0, 0.1) is 0 Å². The predicted molar refractivity (Wildman–Crippen MR) is 87.5 cm³/mol. The first-order chi connectivity index (χ1) is 9.88. The monoisotopic (exact) mass is 285 g/mol. The summed E-state index contributed by atoms with van der Waals surface area (Å²) in [5.41, 5.74) is 4.27. The third-order valence-electron chi connectivity index (χ3n) is 4.51. The van der Waals surface area contributed by atoms with Crippen molar-refractivity contribution >= 4 is 11.3 Å². The van der Waals surface area contributed by atoms with E-state index in [0.717, 1.165) is 5.92 Å². The van der Waals surface area contributed by atoms with E-state index in [0.29, 0.717) is 6.04 Å². The summed E-state index contributed by atoms with van der Waals surface area (Å²) in [6.07, 6.45) is 6.98. The maximum Gasteiger partial charge on any atom is 0.0582 e. The lowest BCUT2D eigenvalue weighted by atomic mass is 9.83. The van der Waals surface area contributed by atoms with Gasteiger partial charge in [-0.05, 0) is 59.3 Å². The second kappa shape index (κ2) is 6.55. The van der Waals surface area contributed by atoms with Gasteiger partial charge in [0.2, 0.25) is 0 Å². The van der Waals surface area contributed by atoms with Crippen LogP contribution in [0.5, 0.6) is 0 Å². The Bertz CT molecular complexity index is 509. The summed E-state index contributed by atoms with van der Waals surface area (Å²) < 4.78 is 0. The fraction of sp³-hybridized carbons (Fsp3) is 0.444. The standard InChI is InChI=1S/C18H23NS/c1-19-18(17-11-12-20-13-17)16-9-7-15(8-10-16)14-5-3-2-4-6-14/h7-14,18-19H,2-6H2,1H3. The van der Waals surface area contributed by atoms with Crippen molar-refractivity contribution < 1.29 is 0 Å². The van der Waals surface area contributed by atoms with Crippen molar-refractivity contribution in [3.8, 4) is 0 Å². The molecule has 0 amide bonds. The van der Waals surface area contributed by atoms with Gasteiger partial charge in [-0.3, -0.25) is 0 Å². The van der Waals surface area contributed by atoms with Gasteiger partial charge >= 0.3 is 0 Å². The maximum absolute atomic E-state index is 3.43. The molecule has 2 heteroatoms. The van der Waals surface area contributed by atoms with Crippen molar-refractivity contribution in [2.24, 2.45) is 0 Å². The summed E-state index contributed by atoms with van der Waals surface area (Å²) in [7, 11) is 2.04. The molecule has 0 saturated heterocycles. The van der Waals surface area contributed by atoms with E-state index in [1.54, 1.807) is 11.3 Å². The Morgan fingerprint density at radius 1 is 1.00 bits per heavy atom. The van der Waals surface area contributed by atoms with E-state index < -0.39 is 0 Å². The summed E-state index contributed by atoms with van der Waals surface area (Å²) >= 11 is 1.76. The highest BCUT2D eigenvalue weighted by Gasteiger charge is 2.17. The first-order valence-electron chi connectivity index (χ1n) is 7.67. The van der Waals surface area contributed by atoms with Gasteiger partial charge in [0.05, 0.1) is 6.04 Å². The summed E-state index contributed by atoms with van der Waals surface area (Å²) in [6.45, 7) is 0. The second-order valence-corrected chi connectivity index (χ2v) is 6.56. The van der Waals surface area contributed by atoms with Crippen molar-refractivity contribution in [3.05, 3.63) is 57.8 Å². The summed E-state index contributed by atoms with van der Waals surface area (Å²) in [5.74, 6) is 0.798. The van der Waals surface area contributed by atoms with E-state index in [9.17, 15) is 0 Å². The SMILES string of the molecule is CNC(c1ccc(C2CCCCC2)cc1)c1ccsc1. The van der Waals surface area contributed by atoms with Crippen LogP contribution in [0.4, 0.5) is 0 Å². The van der Waals surface area contributed by atoms with E-state index in [-0.39, 0.29) is 0 Å². The molecule has 0 radical (unpaired) electrons. The summed E-state index contributed by atoms with van der Waals surface area (Å²) in [6, 6.07) is 11.8. The van der Waals surface area contributed by atoms with Crippen molar-refractivity contribution in [2.45, 2.75) is 44.1 Å². The van der Waals surface area contributed by atoms with Crippen molar-refractivity contribution in [2.75, 3.05) is 7.05 Å². The fourth-order valence-corrected chi connectivity index (χ4v) is 4.05. The van der Waals surface area contributed by atoms with Crippen LogP contribution in [0.25, 0.3) is 0 Å². The van der Waals surface area contributed by atoms with Gasteiger partial charge in [-0.15, -0.1) is 0 Å². The number of hydrogen-bond donors (Lipinski definition) is 1. The molecular weight excluding hydrogens is 262 g/mol. The first kappa shape index (κ1) is 13.8. The van der Waals surface area contributed by atoms with Crippen LogP contribution in [0.2, 0.25) is 0 Å². The zero-order chi connectivity index (χ0) is 13.8. The maximum atomic E-state index is 3.43. The van der Waals surface area contributed by atoms with Gasteiger partial charge in [-0.2, -0.15) is 11.3 Å². The highest BCUT2D eigenvalue weighted by Crippen LogP contribution is 2.33. The van der Waals surface area contributed by atoms with E-state index in [4.69, 9.17) is 0 Å². The van der Waals surface area contributed by atoms with E-state index in [2.05, 4.69) is 46.4 Å². The molecule has 3 rings (SSSR count). The molecule has 2 aromatic rings. The van der Waals surface area contributed by atoms with Crippen molar-refractivity contribution in [3.63, 3.8) is 0 Å². The number of benzene rings is 1. The minimum Gasteiger partial charge on any atom is -0.309 e. The molecule has 0 aliphatic heterocycles.